The average molecular weight is 596 g/mol. The first-order valence-corrected chi connectivity index (χ1v) is 12.2. The summed E-state index contributed by atoms with van der Waals surface area (Å²) in [6.45, 7) is 0. The molecule has 4 aromatic carbocycles. The van der Waals surface area contributed by atoms with Gasteiger partial charge in [-0.25, -0.2) is 10.2 Å². The second-order valence-corrected chi connectivity index (χ2v) is 9.30. The largest absolute Gasteiger partial charge is 0.493 e. The smallest absolute Gasteiger partial charge is 0.343 e. The molecule has 0 unspecified atom stereocenters. The van der Waals surface area contributed by atoms with Crippen LogP contribution in [-0.2, 0) is 11.2 Å². The van der Waals surface area contributed by atoms with E-state index in [4.69, 9.17) is 9.47 Å². The van der Waals surface area contributed by atoms with Crippen molar-refractivity contribution in [1.82, 2.24) is 5.43 Å². The number of benzene rings is 4. The Balaban J connectivity index is 1.40. The molecule has 1 N–H and O–H groups in total. The summed E-state index contributed by atoms with van der Waals surface area (Å²) in [5, 5.41) is 6.12. The monoisotopic (exact) mass is 594 g/mol. The minimum absolute atomic E-state index is 0.194. The van der Waals surface area contributed by atoms with Gasteiger partial charge in [0.1, 0.15) is 0 Å². The van der Waals surface area contributed by atoms with Crippen LogP contribution in [0.1, 0.15) is 21.5 Å². The molecule has 0 heterocycles. The predicted octanol–water partition coefficient (Wildman–Crippen LogP) is 6.29. The molecule has 0 fully saturated rings. The van der Waals surface area contributed by atoms with Crippen molar-refractivity contribution in [3.63, 3.8) is 0 Å². The van der Waals surface area contributed by atoms with Crippen LogP contribution in [0.3, 0.4) is 0 Å². The fourth-order valence-corrected chi connectivity index (χ4v) is 4.21. The second-order valence-electron chi connectivity index (χ2n) is 7.53. The zero-order valence-corrected chi connectivity index (χ0v) is 21.8. The normalized spacial score (nSPS) is 10.9. The molecule has 0 aliphatic carbocycles. The Kier molecular flexibility index (Phi) is 7.94. The minimum atomic E-state index is -0.495. The summed E-state index contributed by atoms with van der Waals surface area (Å²) in [6.07, 6.45) is 1.69. The molecular weight excluding hydrogens is 576 g/mol. The molecule has 0 atom stereocenters. The summed E-state index contributed by atoms with van der Waals surface area (Å²) in [7, 11) is 1.48. The number of nitrogens with one attached hydrogen (secondary N) is 1. The molecule has 1 amide bonds. The number of nitrogens with zero attached hydrogens (tertiary/aromatic N) is 1. The highest BCUT2D eigenvalue weighted by molar-refractivity contribution is 9.11. The molecular formula is C27H20Br2N2O4. The van der Waals surface area contributed by atoms with Crippen molar-refractivity contribution in [2.75, 3.05) is 7.11 Å². The maximum atomic E-state index is 12.5. The van der Waals surface area contributed by atoms with Crippen LogP contribution < -0.4 is 14.9 Å². The third kappa shape index (κ3) is 6.15. The third-order valence-corrected chi connectivity index (χ3v) is 6.41. The van der Waals surface area contributed by atoms with Gasteiger partial charge in [0, 0.05) is 8.95 Å². The van der Waals surface area contributed by atoms with Crippen LogP contribution in [0, 0.1) is 0 Å². The Labute approximate surface area is 219 Å². The molecule has 4 rings (SSSR count). The molecule has 6 nitrogen and oxygen atoms in total. The fourth-order valence-electron chi connectivity index (χ4n) is 3.46. The Bertz CT molecular complexity index is 1420. The van der Waals surface area contributed by atoms with Gasteiger partial charge in [0.25, 0.3) is 0 Å². The van der Waals surface area contributed by atoms with Gasteiger partial charge in [-0.15, -0.1) is 0 Å². The van der Waals surface area contributed by atoms with Crippen LogP contribution in [0.25, 0.3) is 10.8 Å². The molecule has 8 heteroatoms. The highest BCUT2D eigenvalue weighted by Gasteiger charge is 2.13. The lowest BCUT2D eigenvalue weighted by molar-refractivity contribution is -0.120. The molecule has 0 radical (unpaired) electrons. The molecule has 0 aliphatic heterocycles. The number of ether oxygens (including phenoxy) is 2. The summed E-state index contributed by atoms with van der Waals surface area (Å²) in [5.41, 5.74) is 4.56. The third-order valence-electron chi connectivity index (χ3n) is 5.19. The van der Waals surface area contributed by atoms with Crippen molar-refractivity contribution in [2.45, 2.75) is 6.42 Å². The Hall–Kier alpha value is -3.49. The first kappa shape index (κ1) is 24.6. The summed E-state index contributed by atoms with van der Waals surface area (Å²) in [4.78, 5) is 24.9. The number of rotatable bonds is 7. The molecule has 0 saturated carbocycles. The molecule has 176 valence electrons. The van der Waals surface area contributed by atoms with E-state index in [0.29, 0.717) is 16.9 Å². The Morgan fingerprint density at radius 2 is 1.66 bits per heavy atom. The Morgan fingerprint density at radius 1 is 0.914 bits per heavy atom. The molecule has 0 aromatic heterocycles. The van der Waals surface area contributed by atoms with Gasteiger partial charge in [-0.3, -0.25) is 4.79 Å². The standard InChI is InChI=1S/C27H20Br2N2O4/c1-34-25-14-17(6-13-24(25)35-27(33)18-7-10-20(28)11-8-18)16-30-31-26(32)15-19-9-12-23(29)22-5-3-2-4-21(19)22/h2-14,16H,15H2,1H3,(H,31,32)/b30-16-. The van der Waals surface area contributed by atoms with E-state index in [0.717, 1.165) is 25.3 Å². The van der Waals surface area contributed by atoms with Crippen molar-refractivity contribution in [3.8, 4) is 11.5 Å². The van der Waals surface area contributed by atoms with E-state index in [1.165, 1.54) is 13.3 Å². The van der Waals surface area contributed by atoms with Gasteiger partial charge in [0.2, 0.25) is 5.91 Å². The first-order chi connectivity index (χ1) is 16.9. The van der Waals surface area contributed by atoms with Crippen molar-refractivity contribution in [3.05, 3.63) is 104 Å². The summed E-state index contributed by atoms with van der Waals surface area (Å²) in [5.74, 6) is -0.0820. The van der Waals surface area contributed by atoms with Gasteiger partial charge in [-0.2, -0.15) is 5.10 Å². The highest BCUT2D eigenvalue weighted by Crippen LogP contribution is 2.29. The zero-order valence-electron chi connectivity index (χ0n) is 18.6. The number of esters is 1. The molecule has 0 saturated heterocycles. The number of carbonyl (C=O) groups excluding carboxylic acids is 2. The van der Waals surface area contributed by atoms with E-state index >= 15 is 0 Å². The lowest BCUT2D eigenvalue weighted by atomic mass is 10.0. The maximum Gasteiger partial charge on any atom is 0.343 e. The predicted molar refractivity (Wildman–Crippen MR) is 143 cm³/mol. The van der Waals surface area contributed by atoms with Gasteiger partial charge in [0.05, 0.1) is 25.3 Å². The number of methoxy groups -OCH3 is 1. The van der Waals surface area contributed by atoms with Gasteiger partial charge in [-0.05, 0) is 70.4 Å². The maximum absolute atomic E-state index is 12.5. The average Bonchev–Trinajstić information content (AvgIpc) is 2.87. The van der Waals surface area contributed by atoms with Crippen LogP contribution in [0.15, 0.2) is 92.9 Å². The second kappa shape index (κ2) is 11.3. The molecule has 0 spiro atoms. The van der Waals surface area contributed by atoms with E-state index in [1.54, 1.807) is 42.5 Å². The lowest BCUT2D eigenvalue weighted by Crippen LogP contribution is -2.19. The SMILES string of the molecule is COc1cc(/C=N\NC(=O)Cc2ccc(Br)c3ccccc23)ccc1OC(=O)c1ccc(Br)cc1. The number of fused-ring (bicyclic) bond motifs is 1. The number of hydrazone groups is 1. The zero-order chi connectivity index (χ0) is 24.8. The molecule has 4 aromatic rings. The number of halogens is 2. The number of amides is 1. The van der Waals surface area contributed by atoms with E-state index in [9.17, 15) is 9.59 Å². The van der Waals surface area contributed by atoms with Crippen molar-refractivity contribution < 1.29 is 19.1 Å². The van der Waals surface area contributed by atoms with Crippen molar-refractivity contribution in [2.24, 2.45) is 5.10 Å². The van der Waals surface area contributed by atoms with Crippen molar-refractivity contribution >= 4 is 60.7 Å². The molecule has 0 aliphatic rings. The van der Waals surface area contributed by atoms with E-state index in [2.05, 4.69) is 42.4 Å². The number of hydrogen-bond acceptors (Lipinski definition) is 5. The van der Waals surface area contributed by atoms with Gasteiger partial charge in [-0.1, -0.05) is 62.2 Å². The number of hydrogen-bond donors (Lipinski definition) is 1. The number of carbonyl (C=O) groups is 2. The van der Waals surface area contributed by atoms with Crippen LogP contribution in [-0.4, -0.2) is 25.2 Å². The van der Waals surface area contributed by atoms with E-state index in [-0.39, 0.29) is 18.1 Å². The highest BCUT2D eigenvalue weighted by atomic mass is 79.9. The lowest BCUT2D eigenvalue weighted by Gasteiger charge is -2.10. The fraction of sp³-hybridized carbons (Fsp3) is 0.0741. The van der Waals surface area contributed by atoms with E-state index in [1.807, 2.05) is 36.4 Å². The van der Waals surface area contributed by atoms with Gasteiger partial charge < -0.3 is 9.47 Å². The van der Waals surface area contributed by atoms with Crippen LogP contribution in [0.2, 0.25) is 0 Å². The van der Waals surface area contributed by atoms with Gasteiger partial charge >= 0.3 is 5.97 Å². The summed E-state index contributed by atoms with van der Waals surface area (Å²) < 4.78 is 12.7. The topological polar surface area (TPSA) is 77.0 Å². The van der Waals surface area contributed by atoms with Crippen LogP contribution in [0.4, 0.5) is 0 Å². The van der Waals surface area contributed by atoms with E-state index < -0.39 is 5.97 Å². The summed E-state index contributed by atoms with van der Waals surface area (Å²) >= 11 is 6.88. The van der Waals surface area contributed by atoms with Crippen molar-refractivity contribution in [1.29, 1.82) is 0 Å². The first-order valence-electron chi connectivity index (χ1n) is 10.6. The minimum Gasteiger partial charge on any atom is -0.493 e. The molecule has 35 heavy (non-hydrogen) atoms. The quantitative estimate of drug-likeness (QED) is 0.118. The van der Waals surface area contributed by atoms with Crippen LogP contribution in [0.5, 0.6) is 11.5 Å². The van der Waals surface area contributed by atoms with Crippen LogP contribution >= 0.6 is 31.9 Å². The molecule has 0 bridgehead atoms. The van der Waals surface area contributed by atoms with Gasteiger partial charge in [0.15, 0.2) is 11.5 Å². The summed E-state index contributed by atoms with van der Waals surface area (Å²) in [6, 6.07) is 23.6. The Morgan fingerprint density at radius 3 is 2.40 bits per heavy atom.